The van der Waals surface area contributed by atoms with Crippen molar-refractivity contribution in [3.05, 3.63) is 10.4 Å². The normalized spacial score (nSPS) is 27.7. The molecule has 4 atom stereocenters. The first-order valence-corrected chi connectivity index (χ1v) is 7.04. The van der Waals surface area contributed by atoms with Gasteiger partial charge in [-0.25, -0.2) is 9.18 Å². The standard InChI is InChI=1S/C13H21FN4O4/c1-5-21-11(19)7-6-8(14)10(17-18-15)9(7)16-12(20)22-13(2,3)4/h7-10H,5-6H2,1-4H3,(H,16,20)/t7-,8+,9+,10+/m0/s1. The van der Waals surface area contributed by atoms with Gasteiger partial charge in [0.25, 0.3) is 0 Å². The van der Waals surface area contributed by atoms with Crippen molar-refractivity contribution in [2.24, 2.45) is 11.0 Å². The van der Waals surface area contributed by atoms with Crippen LogP contribution in [0.3, 0.4) is 0 Å². The summed E-state index contributed by atoms with van der Waals surface area (Å²) >= 11 is 0. The molecule has 22 heavy (non-hydrogen) atoms. The monoisotopic (exact) mass is 316 g/mol. The average Bonchev–Trinajstić information content (AvgIpc) is 2.66. The second kappa shape index (κ2) is 7.31. The van der Waals surface area contributed by atoms with Gasteiger partial charge in [0.2, 0.25) is 0 Å². The molecule has 1 rings (SSSR count). The molecule has 1 aliphatic carbocycles. The molecule has 124 valence electrons. The number of hydrogen-bond acceptors (Lipinski definition) is 5. The van der Waals surface area contributed by atoms with Gasteiger partial charge < -0.3 is 14.8 Å². The van der Waals surface area contributed by atoms with E-state index in [0.29, 0.717) is 0 Å². The minimum atomic E-state index is -1.54. The molecule has 0 aromatic carbocycles. The van der Waals surface area contributed by atoms with Gasteiger partial charge in [-0.15, -0.1) is 0 Å². The van der Waals surface area contributed by atoms with Crippen molar-refractivity contribution >= 4 is 12.1 Å². The molecule has 1 saturated carbocycles. The summed E-state index contributed by atoms with van der Waals surface area (Å²) in [7, 11) is 0. The number of carbonyl (C=O) groups is 2. The van der Waals surface area contributed by atoms with Crippen molar-refractivity contribution in [2.75, 3.05) is 6.61 Å². The molecule has 1 aliphatic rings. The quantitative estimate of drug-likeness (QED) is 0.371. The van der Waals surface area contributed by atoms with Crippen LogP contribution in [0.15, 0.2) is 5.11 Å². The van der Waals surface area contributed by atoms with Crippen molar-refractivity contribution < 1.29 is 23.5 Å². The Kier molecular flexibility index (Phi) is 5.99. The molecule has 0 unspecified atom stereocenters. The summed E-state index contributed by atoms with van der Waals surface area (Å²) in [4.78, 5) is 26.3. The molecule has 0 bridgehead atoms. The number of hydrogen-bond donors (Lipinski definition) is 1. The predicted molar refractivity (Wildman–Crippen MR) is 75.7 cm³/mol. The number of halogens is 1. The van der Waals surface area contributed by atoms with Crippen LogP contribution in [0.2, 0.25) is 0 Å². The highest BCUT2D eigenvalue weighted by molar-refractivity contribution is 5.76. The predicted octanol–water partition coefficient (Wildman–Crippen LogP) is 2.48. The Hall–Kier alpha value is -2.02. The van der Waals surface area contributed by atoms with E-state index < -0.39 is 41.8 Å². The Bertz CT molecular complexity index is 473. The number of alkyl halides is 1. The number of azide groups is 1. The summed E-state index contributed by atoms with van der Waals surface area (Å²) in [5.41, 5.74) is 7.80. The lowest BCUT2D eigenvalue weighted by atomic mass is 10.0. The highest BCUT2D eigenvalue weighted by Crippen LogP contribution is 2.32. The Morgan fingerprint density at radius 3 is 2.59 bits per heavy atom. The van der Waals surface area contributed by atoms with E-state index >= 15 is 0 Å². The molecule has 9 heteroatoms. The third kappa shape index (κ3) is 4.77. The lowest BCUT2D eigenvalue weighted by Crippen LogP contribution is -2.48. The van der Waals surface area contributed by atoms with Gasteiger partial charge in [0.05, 0.1) is 24.6 Å². The van der Waals surface area contributed by atoms with Gasteiger partial charge in [-0.2, -0.15) is 0 Å². The number of carbonyl (C=O) groups excluding carboxylic acids is 2. The van der Waals surface area contributed by atoms with Gasteiger partial charge in [0, 0.05) is 4.91 Å². The zero-order valence-electron chi connectivity index (χ0n) is 13.1. The van der Waals surface area contributed by atoms with Crippen LogP contribution in [0, 0.1) is 5.92 Å². The number of rotatable bonds is 4. The number of esters is 1. The molecule has 1 amide bonds. The van der Waals surface area contributed by atoms with E-state index in [1.165, 1.54) is 0 Å². The van der Waals surface area contributed by atoms with Gasteiger partial charge in [0.1, 0.15) is 11.8 Å². The number of nitrogens with one attached hydrogen (secondary N) is 1. The Labute approximate surface area is 128 Å². The lowest BCUT2D eigenvalue weighted by molar-refractivity contribution is -0.148. The van der Waals surface area contributed by atoms with Crippen LogP contribution in [-0.4, -0.2) is 42.5 Å². The molecular weight excluding hydrogens is 295 g/mol. The van der Waals surface area contributed by atoms with Crippen LogP contribution in [0.25, 0.3) is 10.4 Å². The Morgan fingerprint density at radius 1 is 1.45 bits per heavy atom. The van der Waals surface area contributed by atoms with Gasteiger partial charge in [-0.1, -0.05) is 5.11 Å². The van der Waals surface area contributed by atoms with Crippen LogP contribution in [0.4, 0.5) is 9.18 Å². The fourth-order valence-corrected chi connectivity index (χ4v) is 2.32. The summed E-state index contributed by atoms with van der Waals surface area (Å²) in [5.74, 6) is -1.56. The molecule has 0 radical (unpaired) electrons. The van der Waals surface area contributed by atoms with Crippen LogP contribution < -0.4 is 5.32 Å². The second-order valence-electron chi connectivity index (χ2n) is 5.98. The number of nitrogens with zero attached hydrogens (tertiary/aromatic N) is 3. The van der Waals surface area contributed by atoms with E-state index in [2.05, 4.69) is 15.3 Å². The molecule has 0 heterocycles. The topological polar surface area (TPSA) is 113 Å². The SMILES string of the molecule is CCOC(=O)[C@H]1C[C@@H](F)[C@@H](N=[N+]=[N-])[C@@H]1NC(=O)OC(C)(C)C. The van der Waals surface area contributed by atoms with E-state index in [4.69, 9.17) is 15.0 Å². The first-order valence-electron chi connectivity index (χ1n) is 7.04. The largest absolute Gasteiger partial charge is 0.466 e. The molecule has 1 N–H and O–H groups in total. The number of ether oxygens (including phenoxy) is 2. The second-order valence-corrected chi connectivity index (χ2v) is 5.98. The van der Waals surface area contributed by atoms with Crippen molar-refractivity contribution in [2.45, 2.75) is 58.0 Å². The minimum absolute atomic E-state index is 0.137. The van der Waals surface area contributed by atoms with Crippen molar-refractivity contribution in [1.29, 1.82) is 0 Å². The Balaban J connectivity index is 2.91. The molecule has 0 spiro atoms. The molecule has 0 saturated heterocycles. The zero-order chi connectivity index (χ0) is 16.9. The van der Waals surface area contributed by atoms with Crippen molar-refractivity contribution in [3.63, 3.8) is 0 Å². The van der Waals surface area contributed by atoms with Gasteiger partial charge >= 0.3 is 12.1 Å². The maximum atomic E-state index is 14.0. The Morgan fingerprint density at radius 2 is 2.09 bits per heavy atom. The van der Waals surface area contributed by atoms with Crippen LogP contribution in [-0.2, 0) is 14.3 Å². The molecule has 0 aliphatic heterocycles. The first-order chi connectivity index (χ1) is 10.2. The van der Waals surface area contributed by atoms with E-state index in [1.54, 1.807) is 27.7 Å². The maximum absolute atomic E-state index is 14.0. The van der Waals surface area contributed by atoms with E-state index in [-0.39, 0.29) is 13.0 Å². The summed E-state index contributed by atoms with van der Waals surface area (Å²) in [5, 5.41) is 5.78. The molecular formula is C13H21FN4O4. The zero-order valence-corrected chi connectivity index (χ0v) is 13.1. The highest BCUT2D eigenvalue weighted by atomic mass is 19.1. The van der Waals surface area contributed by atoms with E-state index in [1.807, 2.05) is 0 Å². The number of amides is 1. The smallest absolute Gasteiger partial charge is 0.407 e. The van der Waals surface area contributed by atoms with Crippen LogP contribution in [0.1, 0.15) is 34.1 Å². The van der Waals surface area contributed by atoms with Gasteiger partial charge in [0.15, 0.2) is 0 Å². The average molecular weight is 316 g/mol. The summed E-state index contributed by atoms with van der Waals surface area (Å²) < 4.78 is 24.0. The maximum Gasteiger partial charge on any atom is 0.407 e. The number of alkyl carbamates (subject to hydrolysis) is 1. The third-order valence-corrected chi connectivity index (χ3v) is 3.11. The van der Waals surface area contributed by atoms with Gasteiger partial charge in [-0.3, -0.25) is 4.79 Å². The molecule has 0 aromatic heterocycles. The molecule has 0 aromatic rings. The van der Waals surface area contributed by atoms with Crippen LogP contribution in [0.5, 0.6) is 0 Å². The molecule has 8 nitrogen and oxygen atoms in total. The fraction of sp³-hybridized carbons (Fsp3) is 0.846. The summed E-state index contributed by atoms with van der Waals surface area (Å²) in [6.07, 6.45) is -2.52. The third-order valence-electron chi connectivity index (χ3n) is 3.11. The molecule has 1 fully saturated rings. The van der Waals surface area contributed by atoms with E-state index in [9.17, 15) is 14.0 Å². The van der Waals surface area contributed by atoms with Crippen molar-refractivity contribution in [3.8, 4) is 0 Å². The van der Waals surface area contributed by atoms with Crippen molar-refractivity contribution in [1.82, 2.24) is 5.32 Å². The van der Waals surface area contributed by atoms with Crippen LogP contribution >= 0.6 is 0 Å². The summed E-state index contributed by atoms with van der Waals surface area (Å²) in [6.45, 7) is 6.78. The first kappa shape index (κ1) is 18.0. The highest BCUT2D eigenvalue weighted by Gasteiger charge is 2.48. The fourth-order valence-electron chi connectivity index (χ4n) is 2.32. The minimum Gasteiger partial charge on any atom is -0.466 e. The van der Waals surface area contributed by atoms with E-state index in [0.717, 1.165) is 0 Å². The van der Waals surface area contributed by atoms with Gasteiger partial charge in [-0.05, 0) is 39.6 Å². The summed E-state index contributed by atoms with van der Waals surface area (Å²) in [6, 6.07) is -2.17. The lowest BCUT2D eigenvalue weighted by Gasteiger charge is -2.25.